The lowest BCUT2D eigenvalue weighted by atomic mass is 10.2. The van der Waals surface area contributed by atoms with E-state index in [1.165, 1.54) is 28.9 Å². The molecule has 3 aromatic rings. The van der Waals surface area contributed by atoms with Gasteiger partial charge in [0.05, 0.1) is 10.5 Å². The number of carbonyl (C=O) groups excluding carboxylic acids is 1. The molecule has 1 aromatic heterocycles. The van der Waals surface area contributed by atoms with E-state index >= 15 is 0 Å². The van der Waals surface area contributed by atoms with Crippen molar-refractivity contribution in [2.75, 3.05) is 5.32 Å². The van der Waals surface area contributed by atoms with Crippen LogP contribution in [0.15, 0.2) is 58.1 Å². The highest BCUT2D eigenvalue weighted by Crippen LogP contribution is 2.28. The molecule has 134 valence electrons. The van der Waals surface area contributed by atoms with E-state index in [9.17, 15) is 14.3 Å². The maximum Gasteiger partial charge on any atom is 0.298 e. The zero-order valence-corrected chi connectivity index (χ0v) is 14.9. The van der Waals surface area contributed by atoms with Crippen LogP contribution in [0.2, 0.25) is 0 Å². The van der Waals surface area contributed by atoms with E-state index in [2.05, 4.69) is 10.6 Å². The lowest BCUT2D eigenvalue weighted by molar-refractivity contribution is -0.705. The molecule has 1 unspecified atom stereocenters. The fourth-order valence-electron chi connectivity index (χ4n) is 2.19. The molecule has 0 radical (unpaired) electrons. The highest BCUT2D eigenvalue weighted by molar-refractivity contribution is 8.00. The van der Waals surface area contributed by atoms with Crippen molar-refractivity contribution in [2.24, 2.45) is 0 Å². The van der Waals surface area contributed by atoms with E-state index in [0.717, 1.165) is 17.3 Å². The topological polar surface area (TPSA) is 82.1 Å². The van der Waals surface area contributed by atoms with E-state index in [1.54, 1.807) is 6.92 Å². The number of carbonyl (C=O) groups is 1. The van der Waals surface area contributed by atoms with E-state index in [0.29, 0.717) is 11.4 Å². The van der Waals surface area contributed by atoms with Gasteiger partial charge in [0.1, 0.15) is 5.82 Å². The maximum absolute atomic E-state index is 12.9. The van der Waals surface area contributed by atoms with Gasteiger partial charge in [-0.1, -0.05) is 17.7 Å². The Bertz CT molecular complexity index is 910. The molecule has 3 rings (SSSR count). The number of aryl methyl sites for hydroxylation is 1. The second-order valence-corrected chi connectivity index (χ2v) is 7.00. The van der Waals surface area contributed by atoms with E-state index in [-0.39, 0.29) is 16.8 Å². The summed E-state index contributed by atoms with van der Waals surface area (Å²) in [5.74, 6) is -1.32. The number of amides is 1. The average Bonchev–Trinajstić information content (AvgIpc) is 2.98. The Labute approximate surface area is 153 Å². The summed E-state index contributed by atoms with van der Waals surface area (Å²) in [5.41, 5.74) is 2.21. The van der Waals surface area contributed by atoms with Gasteiger partial charge in [-0.2, -0.15) is 0 Å². The van der Waals surface area contributed by atoms with Gasteiger partial charge in [0.25, 0.3) is 5.03 Å². The van der Waals surface area contributed by atoms with Crippen LogP contribution in [0.1, 0.15) is 12.5 Å². The molecule has 26 heavy (non-hydrogen) atoms. The highest BCUT2D eigenvalue weighted by Gasteiger charge is 2.26. The van der Waals surface area contributed by atoms with Crippen LogP contribution in [0.5, 0.6) is 5.95 Å². The average molecular weight is 373 g/mol. The van der Waals surface area contributed by atoms with Crippen molar-refractivity contribution in [1.29, 1.82) is 0 Å². The predicted octanol–water partition coefficient (Wildman–Crippen LogP) is 2.59. The molecule has 0 fully saturated rings. The van der Waals surface area contributed by atoms with Gasteiger partial charge in [-0.25, -0.2) is 4.39 Å². The fourth-order valence-corrected chi connectivity index (χ4v) is 3.06. The second-order valence-electron chi connectivity index (χ2n) is 5.67. The fraction of sp³-hybridized carbons (Fsp3) is 0.167. The van der Waals surface area contributed by atoms with Crippen LogP contribution in [-0.2, 0) is 4.79 Å². The largest absolute Gasteiger partial charge is 0.538 e. The van der Waals surface area contributed by atoms with Gasteiger partial charge in [-0.05, 0) is 54.6 Å². The van der Waals surface area contributed by atoms with Crippen molar-refractivity contribution in [3.8, 4) is 11.6 Å². The molecule has 0 bridgehead atoms. The maximum atomic E-state index is 12.9. The monoisotopic (exact) mass is 373 g/mol. The molecule has 0 saturated carbocycles. The zero-order chi connectivity index (χ0) is 18.7. The Morgan fingerprint density at radius 1 is 1.23 bits per heavy atom. The van der Waals surface area contributed by atoms with Crippen LogP contribution in [0.25, 0.3) is 5.69 Å². The molecule has 1 N–H and O–H groups in total. The number of halogens is 1. The summed E-state index contributed by atoms with van der Waals surface area (Å²) in [6, 6.07) is 12.9. The molecule has 8 heteroatoms. The van der Waals surface area contributed by atoms with Crippen LogP contribution >= 0.6 is 11.8 Å². The van der Waals surface area contributed by atoms with Crippen molar-refractivity contribution >= 4 is 23.4 Å². The minimum atomic E-state index is -0.614. The molecule has 1 heterocycles. The van der Waals surface area contributed by atoms with E-state index < -0.39 is 11.2 Å². The molecule has 6 nitrogen and oxygen atoms in total. The summed E-state index contributed by atoms with van der Waals surface area (Å²) < 4.78 is 19.1. The number of hydrogen-bond acceptors (Lipinski definition) is 5. The summed E-state index contributed by atoms with van der Waals surface area (Å²) in [6.45, 7) is 3.61. The Morgan fingerprint density at radius 3 is 2.54 bits per heavy atom. The number of nitrogens with zero attached hydrogens (tertiary/aromatic N) is 2. The van der Waals surface area contributed by atoms with Crippen LogP contribution in [-0.4, -0.2) is 16.4 Å². The van der Waals surface area contributed by atoms with Gasteiger partial charge in [-0.15, -0.1) is 0 Å². The molecule has 0 saturated heterocycles. The highest BCUT2D eigenvalue weighted by atomic mass is 32.2. The second kappa shape index (κ2) is 7.57. The molecular formula is C18H16FN3O3S. The van der Waals surface area contributed by atoms with Gasteiger partial charge in [0.15, 0.2) is 5.95 Å². The first-order valence-corrected chi connectivity index (χ1v) is 8.71. The Balaban J connectivity index is 1.75. The number of nitrogens with one attached hydrogen (secondary N) is 1. The molecule has 0 aliphatic heterocycles. The third kappa shape index (κ3) is 4.02. The van der Waals surface area contributed by atoms with Crippen molar-refractivity contribution in [1.82, 2.24) is 5.27 Å². The normalized spacial score (nSPS) is 12.0. The van der Waals surface area contributed by atoms with E-state index in [4.69, 9.17) is 4.52 Å². The number of hydrogen-bond donors (Lipinski definition) is 1. The summed E-state index contributed by atoms with van der Waals surface area (Å²) >= 11 is 1.04. The van der Waals surface area contributed by atoms with E-state index in [1.807, 2.05) is 31.2 Å². The third-order valence-corrected chi connectivity index (χ3v) is 4.75. The summed E-state index contributed by atoms with van der Waals surface area (Å²) in [6.07, 6.45) is 0. The van der Waals surface area contributed by atoms with Crippen LogP contribution in [0.3, 0.4) is 0 Å². The molecule has 2 aromatic carbocycles. The van der Waals surface area contributed by atoms with Crippen molar-refractivity contribution < 1.29 is 23.5 Å². The molecule has 0 aliphatic carbocycles. The van der Waals surface area contributed by atoms with Crippen LogP contribution < -0.4 is 15.1 Å². The number of aromatic nitrogens is 2. The first kappa shape index (κ1) is 17.9. The van der Waals surface area contributed by atoms with Crippen LogP contribution in [0.4, 0.5) is 10.1 Å². The number of rotatable bonds is 5. The van der Waals surface area contributed by atoms with Crippen LogP contribution in [0, 0.1) is 12.7 Å². The summed E-state index contributed by atoms with van der Waals surface area (Å²) in [5, 5.41) is 18.0. The lowest BCUT2D eigenvalue weighted by Crippen LogP contribution is -2.36. The first-order chi connectivity index (χ1) is 12.4. The summed E-state index contributed by atoms with van der Waals surface area (Å²) in [4.78, 5) is 12.3. The standard InChI is InChI=1S/C18H16FN3O3S/c1-11-3-9-15(10-4-11)22-17(18(24)25-21-22)26-12(2)16(23)20-14-7-5-13(19)6-8-14/h3-10,12H,1-2H3,(H-,20,21,23,24). The van der Waals surface area contributed by atoms with Crippen molar-refractivity contribution in [3.05, 3.63) is 59.9 Å². The number of thioether (sulfide) groups is 1. The Kier molecular flexibility index (Phi) is 5.22. The number of anilines is 1. The first-order valence-electron chi connectivity index (χ1n) is 7.83. The Morgan fingerprint density at radius 2 is 1.88 bits per heavy atom. The summed E-state index contributed by atoms with van der Waals surface area (Å²) in [7, 11) is 0. The lowest BCUT2D eigenvalue weighted by Gasteiger charge is -2.10. The molecule has 1 atom stereocenters. The Hall–Kier alpha value is -2.87. The molecule has 1 amide bonds. The third-order valence-electron chi connectivity index (χ3n) is 3.62. The zero-order valence-electron chi connectivity index (χ0n) is 14.1. The minimum absolute atomic E-state index is 0.204. The van der Waals surface area contributed by atoms with Gasteiger partial charge >= 0.3 is 0 Å². The van der Waals surface area contributed by atoms with Gasteiger partial charge in [0, 0.05) is 17.8 Å². The molecular weight excluding hydrogens is 357 g/mol. The SMILES string of the molecule is Cc1ccc(-[n+]2noc([O-])c2SC(C)C(=O)Nc2ccc(F)cc2)cc1. The van der Waals surface area contributed by atoms with Gasteiger partial charge in [-0.3, -0.25) is 4.79 Å². The smallest absolute Gasteiger partial charge is 0.298 e. The minimum Gasteiger partial charge on any atom is -0.538 e. The predicted molar refractivity (Wildman–Crippen MR) is 92.6 cm³/mol. The molecule has 0 spiro atoms. The van der Waals surface area contributed by atoms with Crippen molar-refractivity contribution in [3.63, 3.8) is 0 Å². The molecule has 0 aliphatic rings. The van der Waals surface area contributed by atoms with Gasteiger partial charge in [0.2, 0.25) is 11.6 Å². The number of benzene rings is 2. The quantitative estimate of drug-likeness (QED) is 0.549. The van der Waals surface area contributed by atoms with Gasteiger partial charge < -0.3 is 14.9 Å². The van der Waals surface area contributed by atoms with Crippen molar-refractivity contribution in [2.45, 2.75) is 24.1 Å².